The summed E-state index contributed by atoms with van der Waals surface area (Å²) in [6, 6.07) is 75.9. The van der Waals surface area contributed by atoms with Crippen LogP contribution in [0.2, 0.25) is 0 Å². The van der Waals surface area contributed by atoms with Gasteiger partial charge in [0.15, 0.2) is 7.14 Å². The van der Waals surface area contributed by atoms with Crippen LogP contribution in [-0.4, -0.2) is 9.97 Å². The van der Waals surface area contributed by atoms with Crippen molar-refractivity contribution in [3.63, 3.8) is 0 Å². The molecule has 1 aromatic heterocycles. The normalized spacial score (nSPS) is 11.3. The van der Waals surface area contributed by atoms with Gasteiger partial charge in [-0.2, -0.15) is 0 Å². The predicted molar refractivity (Wildman–Crippen MR) is 234 cm³/mol. The van der Waals surface area contributed by atoms with Crippen LogP contribution in [0.15, 0.2) is 224 Å². The second-order valence-corrected chi connectivity index (χ2v) is 16.5. The van der Waals surface area contributed by atoms with Crippen molar-refractivity contribution in [3.05, 3.63) is 224 Å². The Labute approximate surface area is 328 Å². The van der Waals surface area contributed by atoms with Crippen LogP contribution in [0.25, 0.3) is 67.3 Å². The molecule has 1 heterocycles. The Morgan fingerprint density at radius 3 is 0.750 bits per heavy atom. The standard InChI is InChI=1S/C52H37N2OP/c55-56(46-22-12-4-13-23-46,47-24-14-5-15-25-47)48-36-34-41(35-37-48)39-28-26-38(27-29-39)40-30-32-45(33-31-40)52-51(44-20-10-3-11-21-44)53-49(42-16-6-1-7-17-42)50(54-52)43-18-8-2-9-19-43/h1-37H. The van der Waals surface area contributed by atoms with Crippen molar-refractivity contribution < 1.29 is 4.57 Å². The van der Waals surface area contributed by atoms with E-state index in [4.69, 9.17) is 9.97 Å². The lowest BCUT2D eigenvalue weighted by Crippen LogP contribution is -2.24. The summed E-state index contributed by atoms with van der Waals surface area (Å²) in [6.07, 6.45) is 0. The molecule has 0 saturated heterocycles. The summed E-state index contributed by atoms with van der Waals surface area (Å²) in [7, 11) is -3.03. The van der Waals surface area contributed by atoms with E-state index in [-0.39, 0.29) is 0 Å². The van der Waals surface area contributed by atoms with Crippen LogP contribution >= 0.6 is 7.14 Å². The van der Waals surface area contributed by atoms with Crippen LogP contribution in [-0.2, 0) is 4.57 Å². The molecule has 0 saturated carbocycles. The molecule has 0 radical (unpaired) electrons. The number of aromatic nitrogens is 2. The molecule has 0 atom stereocenters. The summed E-state index contributed by atoms with van der Waals surface area (Å²) >= 11 is 0. The lowest BCUT2D eigenvalue weighted by atomic mass is 9.97. The third-order valence-electron chi connectivity index (χ3n) is 10.2. The molecule has 0 fully saturated rings. The van der Waals surface area contributed by atoms with Gasteiger partial charge in [-0.1, -0.05) is 224 Å². The number of nitrogens with zero attached hydrogens (tertiary/aromatic N) is 2. The Hall–Kier alpha value is -6.93. The highest BCUT2D eigenvalue weighted by atomic mass is 31.2. The quantitative estimate of drug-likeness (QED) is 0.139. The Kier molecular flexibility index (Phi) is 9.59. The molecule has 0 aliphatic carbocycles. The molecule has 8 aromatic carbocycles. The molecule has 4 heteroatoms. The predicted octanol–water partition coefficient (Wildman–Crippen LogP) is 12.1. The van der Waals surface area contributed by atoms with Gasteiger partial charge < -0.3 is 4.57 Å². The van der Waals surface area contributed by atoms with Crippen molar-refractivity contribution in [2.45, 2.75) is 0 Å². The smallest absolute Gasteiger partial charge is 0.171 e. The average Bonchev–Trinajstić information content (AvgIpc) is 3.30. The number of rotatable bonds is 9. The van der Waals surface area contributed by atoms with Crippen LogP contribution in [0.1, 0.15) is 0 Å². The molecule has 0 spiro atoms. The van der Waals surface area contributed by atoms with E-state index in [0.717, 1.165) is 83.2 Å². The van der Waals surface area contributed by atoms with E-state index in [2.05, 4.69) is 97.1 Å². The lowest BCUT2D eigenvalue weighted by Gasteiger charge is -2.20. The summed E-state index contributed by atoms with van der Waals surface area (Å²) in [5.74, 6) is 0. The third kappa shape index (κ3) is 6.82. The first-order chi connectivity index (χ1) is 27.6. The van der Waals surface area contributed by atoms with Gasteiger partial charge in [0.25, 0.3) is 0 Å². The van der Waals surface area contributed by atoms with Crippen molar-refractivity contribution in [1.29, 1.82) is 0 Å². The maximum Gasteiger partial charge on any atom is 0.171 e. The van der Waals surface area contributed by atoms with Gasteiger partial charge in [-0.05, 0) is 22.3 Å². The van der Waals surface area contributed by atoms with Crippen LogP contribution in [0.4, 0.5) is 0 Å². The molecule has 9 aromatic rings. The van der Waals surface area contributed by atoms with Crippen molar-refractivity contribution in [2.24, 2.45) is 0 Å². The third-order valence-corrected chi connectivity index (χ3v) is 13.3. The summed E-state index contributed by atoms with van der Waals surface area (Å²) in [6.45, 7) is 0. The molecule has 3 nitrogen and oxygen atoms in total. The molecular weight excluding hydrogens is 700 g/mol. The molecule has 0 aliphatic heterocycles. The number of hydrogen-bond acceptors (Lipinski definition) is 3. The van der Waals surface area contributed by atoms with Gasteiger partial charge in [0.05, 0.1) is 22.8 Å². The van der Waals surface area contributed by atoms with Crippen LogP contribution in [0.3, 0.4) is 0 Å². The van der Waals surface area contributed by atoms with Gasteiger partial charge in [0, 0.05) is 38.2 Å². The highest BCUT2D eigenvalue weighted by molar-refractivity contribution is 7.85. The second kappa shape index (κ2) is 15.4. The zero-order valence-electron chi connectivity index (χ0n) is 30.6. The van der Waals surface area contributed by atoms with Crippen LogP contribution < -0.4 is 15.9 Å². The zero-order valence-corrected chi connectivity index (χ0v) is 31.5. The average molecular weight is 737 g/mol. The molecule has 56 heavy (non-hydrogen) atoms. The Morgan fingerprint density at radius 2 is 0.446 bits per heavy atom. The number of hydrogen-bond donors (Lipinski definition) is 0. The van der Waals surface area contributed by atoms with Gasteiger partial charge in [0.1, 0.15) is 0 Å². The minimum atomic E-state index is -3.03. The topological polar surface area (TPSA) is 42.9 Å². The molecule has 266 valence electrons. The minimum Gasteiger partial charge on any atom is -0.309 e. The van der Waals surface area contributed by atoms with E-state index in [1.165, 1.54) is 0 Å². The molecule has 0 bridgehead atoms. The lowest BCUT2D eigenvalue weighted by molar-refractivity contribution is 0.592. The Bertz CT molecular complexity index is 2710. The summed E-state index contributed by atoms with van der Waals surface area (Å²) in [5, 5.41) is 2.48. The van der Waals surface area contributed by atoms with E-state index in [1.54, 1.807) is 0 Å². The van der Waals surface area contributed by atoms with Gasteiger partial charge in [-0.15, -0.1) is 0 Å². The SMILES string of the molecule is O=P(c1ccccc1)(c1ccccc1)c1ccc(-c2ccc(-c3ccc(-c4nc(-c5ccccc5)c(-c5ccccc5)nc4-c4ccccc4)cc3)cc2)cc1. The first-order valence-electron chi connectivity index (χ1n) is 18.8. The molecule has 0 unspecified atom stereocenters. The second-order valence-electron chi connectivity index (χ2n) is 13.7. The first kappa shape index (κ1) is 34.8. The fraction of sp³-hybridized carbons (Fsp3) is 0. The maximum atomic E-state index is 14.8. The van der Waals surface area contributed by atoms with Gasteiger partial charge in [-0.25, -0.2) is 9.97 Å². The zero-order chi connectivity index (χ0) is 37.7. The van der Waals surface area contributed by atoms with Crippen LogP contribution in [0.5, 0.6) is 0 Å². The Morgan fingerprint density at radius 1 is 0.232 bits per heavy atom. The molecular formula is C52H37N2OP. The summed E-state index contributed by atoms with van der Waals surface area (Å²) in [5.41, 5.74) is 11.8. The van der Waals surface area contributed by atoms with E-state index in [9.17, 15) is 4.57 Å². The highest BCUT2D eigenvalue weighted by Gasteiger charge is 2.29. The monoisotopic (exact) mass is 736 g/mol. The van der Waals surface area contributed by atoms with Crippen molar-refractivity contribution in [3.8, 4) is 67.3 Å². The maximum absolute atomic E-state index is 14.8. The molecule has 0 amide bonds. The summed E-state index contributed by atoms with van der Waals surface area (Å²) in [4.78, 5) is 10.7. The van der Waals surface area contributed by atoms with Crippen molar-refractivity contribution >= 4 is 23.1 Å². The van der Waals surface area contributed by atoms with E-state index < -0.39 is 7.14 Å². The van der Waals surface area contributed by atoms with E-state index in [0.29, 0.717) is 0 Å². The largest absolute Gasteiger partial charge is 0.309 e. The Balaban J connectivity index is 1.04. The fourth-order valence-corrected chi connectivity index (χ4v) is 9.94. The first-order valence-corrected chi connectivity index (χ1v) is 20.5. The number of benzene rings is 8. The minimum absolute atomic E-state index is 0.820. The summed E-state index contributed by atoms with van der Waals surface area (Å²) < 4.78 is 14.8. The van der Waals surface area contributed by atoms with Crippen molar-refractivity contribution in [2.75, 3.05) is 0 Å². The van der Waals surface area contributed by atoms with Gasteiger partial charge in [-0.3, -0.25) is 0 Å². The van der Waals surface area contributed by atoms with E-state index in [1.807, 2.05) is 127 Å². The fourth-order valence-electron chi connectivity index (χ4n) is 7.29. The molecule has 9 rings (SSSR count). The van der Waals surface area contributed by atoms with Crippen molar-refractivity contribution in [1.82, 2.24) is 9.97 Å². The highest BCUT2D eigenvalue weighted by Crippen LogP contribution is 2.43. The van der Waals surface area contributed by atoms with Gasteiger partial charge in [0.2, 0.25) is 0 Å². The van der Waals surface area contributed by atoms with E-state index >= 15 is 0 Å². The molecule has 0 aliphatic rings. The van der Waals surface area contributed by atoms with Crippen LogP contribution in [0, 0.1) is 0 Å². The molecule has 0 N–H and O–H groups in total. The van der Waals surface area contributed by atoms with Gasteiger partial charge >= 0.3 is 0 Å².